The first-order chi connectivity index (χ1) is 13.2. The van der Waals surface area contributed by atoms with E-state index in [1.807, 2.05) is 41.8 Å². The molecule has 1 amide bonds. The molecule has 2 heterocycles. The van der Waals surface area contributed by atoms with Crippen LogP contribution in [0.4, 0.5) is 0 Å². The van der Waals surface area contributed by atoms with Crippen LogP contribution in [0.3, 0.4) is 0 Å². The quantitative estimate of drug-likeness (QED) is 0.589. The zero-order chi connectivity index (χ0) is 19.1. The predicted octanol–water partition coefficient (Wildman–Crippen LogP) is 4.32. The average molecular weight is 383 g/mol. The number of hydrogen-bond acceptors (Lipinski definition) is 5. The number of benzene rings is 1. The molecule has 0 aliphatic carbocycles. The van der Waals surface area contributed by atoms with Crippen molar-refractivity contribution in [2.75, 3.05) is 20.8 Å². The van der Waals surface area contributed by atoms with Gasteiger partial charge in [-0.15, -0.1) is 11.3 Å². The van der Waals surface area contributed by atoms with Crippen LogP contribution >= 0.6 is 11.3 Å². The Morgan fingerprint density at radius 3 is 2.70 bits per heavy atom. The third-order valence-corrected chi connectivity index (χ3v) is 5.07. The van der Waals surface area contributed by atoms with Crippen molar-refractivity contribution >= 4 is 23.3 Å². The highest BCUT2D eigenvalue weighted by atomic mass is 32.1. The number of thiophene rings is 1. The van der Waals surface area contributed by atoms with E-state index in [9.17, 15) is 4.79 Å². The number of furan rings is 1. The molecule has 140 valence electrons. The second-order valence-corrected chi connectivity index (χ2v) is 6.76. The number of hydrogen-bond donors (Lipinski definition) is 1. The summed E-state index contributed by atoms with van der Waals surface area (Å²) in [6.07, 6.45) is 4.90. The van der Waals surface area contributed by atoms with Crippen LogP contribution in [0.5, 0.6) is 11.5 Å². The zero-order valence-electron chi connectivity index (χ0n) is 15.2. The molecule has 1 N–H and O–H groups in total. The molecule has 6 heteroatoms. The molecule has 0 bridgehead atoms. The number of ether oxygens (including phenoxy) is 2. The van der Waals surface area contributed by atoms with Crippen molar-refractivity contribution in [3.05, 3.63) is 76.4 Å². The summed E-state index contributed by atoms with van der Waals surface area (Å²) in [5, 5.41) is 4.96. The van der Waals surface area contributed by atoms with Crippen molar-refractivity contribution in [1.29, 1.82) is 0 Å². The molecule has 0 spiro atoms. The van der Waals surface area contributed by atoms with Gasteiger partial charge in [-0.3, -0.25) is 4.79 Å². The molecule has 0 aliphatic rings. The summed E-state index contributed by atoms with van der Waals surface area (Å²) in [5.74, 6) is 1.94. The predicted molar refractivity (Wildman–Crippen MR) is 106 cm³/mol. The fourth-order valence-electron chi connectivity index (χ4n) is 2.71. The van der Waals surface area contributed by atoms with Crippen molar-refractivity contribution in [3.8, 4) is 11.5 Å². The van der Waals surface area contributed by atoms with Crippen molar-refractivity contribution in [2.24, 2.45) is 0 Å². The van der Waals surface area contributed by atoms with Crippen LogP contribution < -0.4 is 14.8 Å². The smallest absolute Gasteiger partial charge is 0.244 e. The minimum absolute atomic E-state index is 0.00145. The summed E-state index contributed by atoms with van der Waals surface area (Å²) in [4.78, 5) is 13.4. The van der Waals surface area contributed by atoms with Crippen LogP contribution in [0.15, 0.2) is 64.6 Å². The van der Waals surface area contributed by atoms with Gasteiger partial charge in [0.05, 0.1) is 26.4 Å². The van der Waals surface area contributed by atoms with Crippen LogP contribution in [0, 0.1) is 0 Å². The SMILES string of the molecule is COc1ccc(/C=C/C(=O)NCC(c2ccco2)c2cccs2)cc1OC. The number of rotatable bonds is 8. The van der Waals surface area contributed by atoms with Gasteiger partial charge in [-0.25, -0.2) is 0 Å². The monoisotopic (exact) mass is 383 g/mol. The molecule has 1 aromatic carbocycles. The Morgan fingerprint density at radius 2 is 2.04 bits per heavy atom. The topological polar surface area (TPSA) is 60.7 Å². The van der Waals surface area contributed by atoms with E-state index >= 15 is 0 Å². The highest BCUT2D eigenvalue weighted by molar-refractivity contribution is 7.10. The van der Waals surface area contributed by atoms with Gasteiger partial charge >= 0.3 is 0 Å². The van der Waals surface area contributed by atoms with Crippen LogP contribution in [0.2, 0.25) is 0 Å². The maximum Gasteiger partial charge on any atom is 0.244 e. The zero-order valence-corrected chi connectivity index (χ0v) is 16.0. The largest absolute Gasteiger partial charge is 0.493 e. The Hall–Kier alpha value is -2.99. The molecule has 0 aliphatic heterocycles. The van der Waals surface area contributed by atoms with Gasteiger partial charge < -0.3 is 19.2 Å². The van der Waals surface area contributed by atoms with Crippen LogP contribution in [0.25, 0.3) is 6.08 Å². The number of nitrogens with one attached hydrogen (secondary N) is 1. The first kappa shape index (κ1) is 18.8. The Balaban J connectivity index is 1.64. The van der Waals surface area contributed by atoms with E-state index in [-0.39, 0.29) is 11.8 Å². The molecule has 0 radical (unpaired) electrons. The molecule has 2 aromatic heterocycles. The fraction of sp³-hybridized carbons (Fsp3) is 0.190. The van der Waals surface area contributed by atoms with E-state index in [2.05, 4.69) is 5.32 Å². The Labute approximate surface area is 162 Å². The van der Waals surface area contributed by atoms with Crippen molar-refractivity contribution in [3.63, 3.8) is 0 Å². The average Bonchev–Trinajstić information content (AvgIpc) is 3.41. The lowest BCUT2D eigenvalue weighted by molar-refractivity contribution is -0.116. The first-order valence-corrected chi connectivity index (χ1v) is 9.34. The van der Waals surface area contributed by atoms with Gasteiger partial charge in [0.2, 0.25) is 5.91 Å². The molecule has 3 aromatic rings. The van der Waals surface area contributed by atoms with Crippen molar-refractivity contribution in [1.82, 2.24) is 5.32 Å². The molecular weight excluding hydrogens is 362 g/mol. The highest BCUT2D eigenvalue weighted by Gasteiger charge is 2.18. The maximum atomic E-state index is 12.3. The van der Waals surface area contributed by atoms with Gasteiger partial charge in [-0.2, -0.15) is 0 Å². The molecule has 0 saturated carbocycles. The molecule has 1 unspecified atom stereocenters. The second kappa shape index (κ2) is 9.09. The highest BCUT2D eigenvalue weighted by Crippen LogP contribution is 2.29. The van der Waals surface area contributed by atoms with E-state index in [1.54, 1.807) is 44.0 Å². The maximum absolute atomic E-state index is 12.3. The van der Waals surface area contributed by atoms with Gasteiger partial charge in [0.25, 0.3) is 0 Å². The third-order valence-electron chi connectivity index (χ3n) is 4.09. The summed E-state index contributed by atoms with van der Waals surface area (Å²) >= 11 is 1.64. The lowest BCUT2D eigenvalue weighted by Gasteiger charge is -2.13. The van der Waals surface area contributed by atoms with Gasteiger partial charge in [-0.1, -0.05) is 12.1 Å². The molecular formula is C21H21NO4S. The van der Waals surface area contributed by atoms with Gasteiger partial charge in [0, 0.05) is 17.5 Å². The lowest BCUT2D eigenvalue weighted by atomic mass is 10.0. The number of carbonyl (C=O) groups is 1. The lowest BCUT2D eigenvalue weighted by Crippen LogP contribution is -2.26. The van der Waals surface area contributed by atoms with Crippen molar-refractivity contribution < 1.29 is 18.7 Å². The Kier molecular flexibility index (Phi) is 6.33. The minimum Gasteiger partial charge on any atom is -0.493 e. The Morgan fingerprint density at radius 1 is 1.19 bits per heavy atom. The second-order valence-electron chi connectivity index (χ2n) is 5.78. The fourth-order valence-corrected chi connectivity index (χ4v) is 3.55. The summed E-state index contributed by atoms with van der Waals surface area (Å²) in [6.45, 7) is 0.461. The van der Waals surface area contributed by atoms with E-state index in [1.165, 1.54) is 6.08 Å². The van der Waals surface area contributed by atoms with Crippen molar-refractivity contribution in [2.45, 2.75) is 5.92 Å². The number of methoxy groups -OCH3 is 2. The Bertz CT molecular complexity index is 851. The molecule has 1 atom stereocenters. The number of amides is 1. The van der Waals surface area contributed by atoms with E-state index in [4.69, 9.17) is 13.9 Å². The first-order valence-electron chi connectivity index (χ1n) is 8.46. The van der Waals surface area contributed by atoms with Gasteiger partial charge in [0.1, 0.15) is 5.76 Å². The third kappa shape index (κ3) is 4.80. The summed E-state index contributed by atoms with van der Waals surface area (Å²) in [5.41, 5.74) is 0.851. The van der Waals surface area contributed by atoms with Gasteiger partial charge in [0.15, 0.2) is 11.5 Å². The van der Waals surface area contributed by atoms with Crippen LogP contribution in [-0.4, -0.2) is 26.7 Å². The molecule has 0 saturated heterocycles. The minimum atomic E-state index is -0.169. The molecule has 0 fully saturated rings. The molecule has 3 rings (SSSR count). The molecule has 27 heavy (non-hydrogen) atoms. The van der Waals surface area contributed by atoms with Crippen LogP contribution in [0.1, 0.15) is 22.1 Å². The summed E-state index contributed by atoms with van der Waals surface area (Å²) < 4.78 is 16.0. The summed E-state index contributed by atoms with van der Waals surface area (Å²) in [6, 6.07) is 13.3. The summed E-state index contributed by atoms with van der Waals surface area (Å²) in [7, 11) is 3.17. The van der Waals surface area contributed by atoms with E-state index < -0.39 is 0 Å². The van der Waals surface area contributed by atoms with E-state index in [0.29, 0.717) is 18.0 Å². The normalized spacial score (nSPS) is 12.1. The van der Waals surface area contributed by atoms with Crippen LogP contribution in [-0.2, 0) is 4.79 Å². The standard InChI is InChI=1S/C21H21NO4S/c1-24-18-9-7-15(13-19(18)25-2)8-10-21(23)22-14-16(17-5-3-11-26-17)20-6-4-12-27-20/h3-13,16H,14H2,1-2H3,(H,22,23)/b10-8+. The van der Waals surface area contributed by atoms with Gasteiger partial charge in [-0.05, 0) is 47.4 Å². The van der Waals surface area contributed by atoms with E-state index in [0.717, 1.165) is 16.2 Å². The molecule has 5 nitrogen and oxygen atoms in total. The number of carbonyl (C=O) groups excluding carboxylic acids is 1.